The Labute approximate surface area is 143 Å². The quantitative estimate of drug-likeness (QED) is 0.616. The maximum absolute atomic E-state index is 12.5. The van der Waals surface area contributed by atoms with E-state index in [9.17, 15) is 9.59 Å². The van der Waals surface area contributed by atoms with Crippen LogP contribution in [-0.2, 0) is 4.74 Å². The SMILES string of the molecule is COc1cccc(C2CSC(=C3C(=O)c4ccccc4C3=O)O2)c1. The van der Waals surface area contributed by atoms with E-state index in [4.69, 9.17) is 9.47 Å². The van der Waals surface area contributed by atoms with Gasteiger partial charge in [0.25, 0.3) is 0 Å². The summed E-state index contributed by atoms with van der Waals surface area (Å²) in [4.78, 5) is 25.1. The van der Waals surface area contributed by atoms with Crippen LogP contribution in [0.1, 0.15) is 32.4 Å². The fourth-order valence-corrected chi connectivity index (χ4v) is 4.00. The van der Waals surface area contributed by atoms with Crippen LogP contribution in [0.3, 0.4) is 0 Å². The summed E-state index contributed by atoms with van der Waals surface area (Å²) in [7, 11) is 1.61. The Balaban J connectivity index is 1.66. The number of allylic oxidation sites excluding steroid dienone is 1. The molecule has 0 saturated carbocycles. The normalized spacial score (nSPS) is 19.5. The second kappa shape index (κ2) is 5.83. The highest BCUT2D eigenvalue weighted by atomic mass is 32.2. The number of hydrogen-bond donors (Lipinski definition) is 0. The van der Waals surface area contributed by atoms with Crippen molar-refractivity contribution in [2.75, 3.05) is 12.9 Å². The molecule has 0 bridgehead atoms. The summed E-state index contributed by atoms with van der Waals surface area (Å²) in [6, 6.07) is 14.5. The highest BCUT2D eigenvalue weighted by Crippen LogP contribution is 2.43. The minimum atomic E-state index is -0.246. The molecule has 1 unspecified atom stereocenters. The fourth-order valence-electron chi connectivity index (χ4n) is 2.92. The smallest absolute Gasteiger partial charge is 0.202 e. The molecule has 1 aliphatic carbocycles. The van der Waals surface area contributed by atoms with E-state index in [1.807, 2.05) is 24.3 Å². The van der Waals surface area contributed by atoms with Gasteiger partial charge in [0.15, 0.2) is 5.09 Å². The van der Waals surface area contributed by atoms with E-state index in [1.54, 1.807) is 31.4 Å². The number of methoxy groups -OCH3 is 1. The molecular formula is C19H14O4S. The lowest BCUT2D eigenvalue weighted by atomic mass is 10.1. The van der Waals surface area contributed by atoms with Crippen LogP contribution in [0.2, 0.25) is 0 Å². The number of Topliss-reactive ketones (excluding diaryl/α,β-unsaturated/α-hetero) is 2. The Kier molecular flexibility index (Phi) is 3.65. The molecule has 1 atom stereocenters. The molecule has 0 radical (unpaired) electrons. The molecule has 120 valence electrons. The van der Waals surface area contributed by atoms with E-state index in [0.717, 1.165) is 11.3 Å². The van der Waals surface area contributed by atoms with Crippen LogP contribution in [0.4, 0.5) is 0 Å². The molecule has 1 aliphatic heterocycles. The van der Waals surface area contributed by atoms with Gasteiger partial charge in [-0.25, -0.2) is 0 Å². The Morgan fingerprint density at radius 3 is 2.42 bits per heavy atom. The zero-order chi connectivity index (χ0) is 16.7. The van der Waals surface area contributed by atoms with Crippen LogP contribution in [0.15, 0.2) is 59.2 Å². The average Bonchev–Trinajstić information content (AvgIpc) is 3.19. The summed E-state index contributed by atoms with van der Waals surface area (Å²) in [5.74, 6) is 0.916. The van der Waals surface area contributed by atoms with E-state index in [0.29, 0.717) is 22.0 Å². The first-order valence-corrected chi connectivity index (χ1v) is 8.53. The van der Waals surface area contributed by atoms with Gasteiger partial charge in [0.1, 0.15) is 17.4 Å². The van der Waals surface area contributed by atoms with Crippen molar-refractivity contribution in [1.29, 1.82) is 0 Å². The van der Waals surface area contributed by atoms with Crippen LogP contribution >= 0.6 is 11.8 Å². The van der Waals surface area contributed by atoms with Crippen LogP contribution in [0.25, 0.3) is 0 Å². The lowest BCUT2D eigenvalue weighted by Crippen LogP contribution is -2.05. The van der Waals surface area contributed by atoms with Crippen LogP contribution < -0.4 is 4.74 Å². The standard InChI is InChI=1S/C19H14O4S/c1-22-12-6-4-5-11(9-12)15-10-24-19(23-15)16-17(20)13-7-2-3-8-14(13)18(16)21/h2-9,15H,10H2,1H3. The first kappa shape index (κ1) is 15.0. The number of fused-ring (bicyclic) bond motifs is 1. The third-order valence-corrected chi connectivity index (χ3v) is 5.19. The highest BCUT2D eigenvalue weighted by Gasteiger charge is 2.39. The maximum Gasteiger partial charge on any atom is 0.202 e. The van der Waals surface area contributed by atoms with Crippen LogP contribution in [0, 0.1) is 0 Å². The maximum atomic E-state index is 12.5. The van der Waals surface area contributed by atoms with Crippen molar-refractivity contribution in [2.45, 2.75) is 6.10 Å². The van der Waals surface area contributed by atoms with Gasteiger partial charge in [-0.1, -0.05) is 48.2 Å². The third-order valence-electron chi connectivity index (χ3n) is 4.16. The van der Waals surface area contributed by atoms with Crippen molar-refractivity contribution in [3.63, 3.8) is 0 Å². The van der Waals surface area contributed by atoms with Crippen molar-refractivity contribution in [3.8, 4) is 5.75 Å². The Morgan fingerprint density at radius 1 is 1.04 bits per heavy atom. The Morgan fingerprint density at radius 2 is 1.75 bits per heavy atom. The molecule has 4 rings (SSSR count). The second-order valence-corrected chi connectivity index (χ2v) is 6.55. The molecule has 24 heavy (non-hydrogen) atoms. The van der Waals surface area contributed by atoms with E-state index in [1.165, 1.54) is 11.8 Å². The summed E-state index contributed by atoms with van der Waals surface area (Å²) in [6.07, 6.45) is -0.197. The number of carbonyl (C=O) groups excluding carboxylic acids is 2. The minimum absolute atomic E-state index is 0.159. The number of carbonyl (C=O) groups is 2. The number of benzene rings is 2. The molecule has 2 aromatic rings. The monoisotopic (exact) mass is 338 g/mol. The van der Waals surface area contributed by atoms with Gasteiger partial charge in [-0.3, -0.25) is 9.59 Å². The average molecular weight is 338 g/mol. The topological polar surface area (TPSA) is 52.6 Å². The lowest BCUT2D eigenvalue weighted by Gasteiger charge is -2.11. The molecule has 0 aromatic heterocycles. The summed E-state index contributed by atoms with van der Waals surface area (Å²) >= 11 is 1.41. The van der Waals surface area contributed by atoms with Gasteiger partial charge in [-0.05, 0) is 17.7 Å². The molecule has 0 spiro atoms. The molecule has 1 heterocycles. The van der Waals surface area contributed by atoms with Gasteiger partial charge >= 0.3 is 0 Å². The van der Waals surface area contributed by atoms with E-state index in [2.05, 4.69) is 0 Å². The minimum Gasteiger partial charge on any atom is -0.497 e. The lowest BCUT2D eigenvalue weighted by molar-refractivity contribution is 0.0970. The highest BCUT2D eigenvalue weighted by molar-refractivity contribution is 8.03. The van der Waals surface area contributed by atoms with Crippen LogP contribution in [-0.4, -0.2) is 24.4 Å². The summed E-state index contributed by atoms with van der Waals surface area (Å²) in [6.45, 7) is 0. The molecule has 0 N–H and O–H groups in total. The van der Waals surface area contributed by atoms with Gasteiger partial charge in [-0.15, -0.1) is 0 Å². The Hall–Kier alpha value is -2.53. The molecule has 4 nitrogen and oxygen atoms in total. The first-order chi connectivity index (χ1) is 11.7. The molecular weight excluding hydrogens is 324 g/mol. The molecule has 2 aliphatic rings. The fraction of sp³-hybridized carbons (Fsp3) is 0.158. The second-order valence-electron chi connectivity index (χ2n) is 5.56. The van der Waals surface area contributed by atoms with E-state index in [-0.39, 0.29) is 23.2 Å². The number of ketones is 2. The number of rotatable bonds is 2. The molecule has 5 heteroatoms. The van der Waals surface area contributed by atoms with Gasteiger partial charge in [0.2, 0.25) is 11.6 Å². The third kappa shape index (κ3) is 2.32. The summed E-state index contributed by atoms with van der Waals surface area (Å²) in [5, 5.41) is 0.425. The van der Waals surface area contributed by atoms with Crippen LogP contribution in [0.5, 0.6) is 5.75 Å². The van der Waals surface area contributed by atoms with Crippen molar-refractivity contribution in [3.05, 3.63) is 75.9 Å². The van der Waals surface area contributed by atoms with Crippen molar-refractivity contribution < 1.29 is 19.1 Å². The predicted molar refractivity (Wildman–Crippen MR) is 91.4 cm³/mol. The zero-order valence-electron chi connectivity index (χ0n) is 12.9. The van der Waals surface area contributed by atoms with Crippen molar-refractivity contribution in [1.82, 2.24) is 0 Å². The van der Waals surface area contributed by atoms with Gasteiger partial charge in [0.05, 0.1) is 7.11 Å². The molecule has 2 aromatic carbocycles. The number of thioether (sulfide) groups is 1. The van der Waals surface area contributed by atoms with E-state index >= 15 is 0 Å². The van der Waals surface area contributed by atoms with Gasteiger partial charge in [0, 0.05) is 16.9 Å². The number of hydrogen-bond acceptors (Lipinski definition) is 5. The number of ether oxygens (including phenoxy) is 2. The first-order valence-electron chi connectivity index (χ1n) is 7.55. The molecule has 1 fully saturated rings. The van der Waals surface area contributed by atoms with Crippen molar-refractivity contribution >= 4 is 23.3 Å². The summed E-state index contributed by atoms with van der Waals surface area (Å²) < 4.78 is 11.2. The predicted octanol–water partition coefficient (Wildman–Crippen LogP) is 3.79. The van der Waals surface area contributed by atoms with Gasteiger partial charge < -0.3 is 9.47 Å². The Bertz CT molecular complexity index is 847. The molecule has 0 amide bonds. The van der Waals surface area contributed by atoms with Crippen molar-refractivity contribution in [2.24, 2.45) is 0 Å². The van der Waals surface area contributed by atoms with Gasteiger partial charge in [-0.2, -0.15) is 0 Å². The van der Waals surface area contributed by atoms with E-state index < -0.39 is 0 Å². The zero-order valence-corrected chi connectivity index (χ0v) is 13.8. The molecule has 1 saturated heterocycles. The largest absolute Gasteiger partial charge is 0.497 e. The summed E-state index contributed by atoms with van der Waals surface area (Å²) in [5.41, 5.74) is 2.04.